The van der Waals surface area contributed by atoms with Crippen LogP contribution in [0.5, 0.6) is 0 Å². The number of likely N-dealkylation sites (tertiary alicyclic amines) is 1. The van der Waals surface area contributed by atoms with Gasteiger partial charge in [0, 0.05) is 33.6 Å². The monoisotopic (exact) mass is 364 g/mol. The lowest BCUT2D eigenvalue weighted by atomic mass is 10.1. The van der Waals surface area contributed by atoms with Gasteiger partial charge in [0.1, 0.15) is 11.6 Å². The molecule has 0 radical (unpaired) electrons. The molecule has 0 atom stereocenters. The summed E-state index contributed by atoms with van der Waals surface area (Å²) in [7, 11) is 4.05. The normalized spacial score (nSPS) is 14.9. The number of aryl methyl sites for hydroxylation is 2. The first kappa shape index (κ1) is 17.9. The number of fused-ring (bicyclic) bond motifs is 1. The van der Waals surface area contributed by atoms with Gasteiger partial charge in [-0.1, -0.05) is 31.2 Å². The van der Waals surface area contributed by atoms with Crippen LogP contribution in [0.1, 0.15) is 36.7 Å². The van der Waals surface area contributed by atoms with E-state index in [0.717, 1.165) is 42.2 Å². The van der Waals surface area contributed by atoms with Gasteiger partial charge >= 0.3 is 0 Å². The van der Waals surface area contributed by atoms with Gasteiger partial charge in [-0.2, -0.15) is 5.10 Å². The molecule has 1 fully saturated rings. The predicted octanol–water partition coefficient (Wildman–Crippen LogP) is 3.16. The molecule has 1 aromatic carbocycles. The molecule has 6 heteroatoms. The lowest BCUT2D eigenvalue weighted by molar-refractivity contribution is 0.330. The first-order chi connectivity index (χ1) is 13.2. The van der Waals surface area contributed by atoms with E-state index in [1.165, 1.54) is 37.1 Å². The molecule has 4 rings (SSSR count). The average molecular weight is 364 g/mol. The Bertz CT molecular complexity index is 926. The van der Waals surface area contributed by atoms with Crippen LogP contribution in [0, 0.1) is 0 Å². The van der Waals surface area contributed by atoms with Crippen molar-refractivity contribution in [3.8, 4) is 0 Å². The van der Waals surface area contributed by atoms with Crippen molar-refractivity contribution in [3.05, 3.63) is 47.4 Å². The van der Waals surface area contributed by atoms with Crippen molar-refractivity contribution < 1.29 is 0 Å². The summed E-state index contributed by atoms with van der Waals surface area (Å²) in [6.45, 7) is 6.38. The molecule has 3 heterocycles. The van der Waals surface area contributed by atoms with Crippen LogP contribution in [-0.2, 0) is 26.6 Å². The standard InChI is InChI=1S/C21H28N6/c1-4-19-23-20(18-13-22-26(3)21(18)24-19)25(2)14-16-9-5-6-10-17(16)15-27-11-7-8-12-27/h5-6,9-10,13H,4,7-8,11-12,14-15H2,1-3H3. The Hall–Kier alpha value is -2.47. The van der Waals surface area contributed by atoms with Crippen LogP contribution in [0.25, 0.3) is 11.0 Å². The molecular weight excluding hydrogens is 336 g/mol. The highest BCUT2D eigenvalue weighted by atomic mass is 15.3. The molecule has 1 saturated heterocycles. The summed E-state index contributed by atoms with van der Waals surface area (Å²) < 4.78 is 1.83. The molecule has 0 bridgehead atoms. The van der Waals surface area contributed by atoms with Gasteiger partial charge in [-0.05, 0) is 37.1 Å². The third kappa shape index (κ3) is 3.67. The molecular formula is C21H28N6. The van der Waals surface area contributed by atoms with Gasteiger partial charge in [-0.25, -0.2) is 9.97 Å². The fourth-order valence-corrected chi connectivity index (χ4v) is 3.88. The first-order valence-electron chi connectivity index (χ1n) is 9.84. The lowest BCUT2D eigenvalue weighted by Gasteiger charge is -2.23. The van der Waals surface area contributed by atoms with E-state index < -0.39 is 0 Å². The average Bonchev–Trinajstić information content (AvgIpc) is 3.32. The maximum Gasteiger partial charge on any atom is 0.163 e. The summed E-state index contributed by atoms with van der Waals surface area (Å²) in [6.07, 6.45) is 5.33. The van der Waals surface area contributed by atoms with Gasteiger partial charge in [-0.15, -0.1) is 0 Å². The molecule has 1 aliphatic heterocycles. The highest BCUT2D eigenvalue weighted by Gasteiger charge is 2.17. The number of hydrogen-bond donors (Lipinski definition) is 0. The summed E-state index contributed by atoms with van der Waals surface area (Å²) in [5.74, 6) is 1.82. The van der Waals surface area contributed by atoms with Gasteiger partial charge in [0.15, 0.2) is 5.65 Å². The minimum atomic E-state index is 0.813. The van der Waals surface area contributed by atoms with Crippen LogP contribution >= 0.6 is 0 Å². The van der Waals surface area contributed by atoms with Crippen molar-refractivity contribution in [1.82, 2.24) is 24.6 Å². The van der Waals surface area contributed by atoms with E-state index in [1.54, 1.807) is 0 Å². The van der Waals surface area contributed by atoms with Crippen LogP contribution in [0.4, 0.5) is 5.82 Å². The van der Waals surface area contributed by atoms with E-state index in [4.69, 9.17) is 4.98 Å². The van der Waals surface area contributed by atoms with Crippen LogP contribution in [0.3, 0.4) is 0 Å². The van der Waals surface area contributed by atoms with Gasteiger partial charge in [0.2, 0.25) is 0 Å². The Morgan fingerprint density at radius 2 is 1.81 bits per heavy atom. The van der Waals surface area contributed by atoms with Gasteiger partial charge in [0.05, 0.1) is 11.6 Å². The molecule has 0 aliphatic carbocycles. The minimum Gasteiger partial charge on any atom is -0.355 e. The summed E-state index contributed by atoms with van der Waals surface area (Å²) in [6, 6.07) is 8.78. The van der Waals surface area contributed by atoms with E-state index in [-0.39, 0.29) is 0 Å². The van der Waals surface area contributed by atoms with Crippen LogP contribution < -0.4 is 4.90 Å². The predicted molar refractivity (Wildman–Crippen MR) is 109 cm³/mol. The van der Waals surface area contributed by atoms with Crippen molar-refractivity contribution in [3.63, 3.8) is 0 Å². The lowest BCUT2D eigenvalue weighted by Crippen LogP contribution is -2.23. The number of nitrogens with zero attached hydrogens (tertiary/aromatic N) is 6. The number of anilines is 1. The van der Waals surface area contributed by atoms with E-state index >= 15 is 0 Å². The Morgan fingerprint density at radius 1 is 1.07 bits per heavy atom. The minimum absolute atomic E-state index is 0.813. The van der Waals surface area contributed by atoms with Gasteiger partial charge in [0.25, 0.3) is 0 Å². The topological polar surface area (TPSA) is 50.1 Å². The van der Waals surface area contributed by atoms with E-state index in [2.05, 4.69) is 58.1 Å². The molecule has 0 spiro atoms. The number of aromatic nitrogens is 4. The molecule has 6 nitrogen and oxygen atoms in total. The third-order valence-corrected chi connectivity index (χ3v) is 5.41. The van der Waals surface area contributed by atoms with Crippen molar-refractivity contribution in [2.24, 2.45) is 7.05 Å². The Labute approximate surface area is 160 Å². The maximum atomic E-state index is 4.81. The summed E-state index contributed by atoms with van der Waals surface area (Å²) in [4.78, 5) is 14.2. The van der Waals surface area contributed by atoms with E-state index in [0.29, 0.717) is 0 Å². The summed E-state index contributed by atoms with van der Waals surface area (Å²) in [5.41, 5.74) is 3.67. The smallest absolute Gasteiger partial charge is 0.163 e. The van der Waals surface area contributed by atoms with Crippen molar-refractivity contribution in [2.75, 3.05) is 25.0 Å². The van der Waals surface area contributed by atoms with Crippen LogP contribution in [0.2, 0.25) is 0 Å². The SMILES string of the molecule is CCc1nc(N(C)Cc2ccccc2CN2CCCC2)c2cnn(C)c2n1. The molecule has 0 saturated carbocycles. The van der Waals surface area contributed by atoms with Crippen LogP contribution in [0.15, 0.2) is 30.5 Å². The Balaban J connectivity index is 1.63. The zero-order valence-corrected chi connectivity index (χ0v) is 16.5. The molecule has 142 valence electrons. The molecule has 0 unspecified atom stereocenters. The summed E-state index contributed by atoms with van der Waals surface area (Å²) in [5, 5.41) is 5.40. The fraction of sp³-hybridized carbons (Fsp3) is 0.476. The third-order valence-electron chi connectivity index (χ3n) is 5.41. The largest absolute Gasteiger partial charge is 0.355 e. The van der Waals surface area contributed by atoms with Crippen molar-refractivity contribution in [1.29, 1.82) is 0 Å². The Morgan fingerprint density at radius 3 is 2.56 bits per heavy atom. The molecule has 0 amide bonds. The van der Waals surface area contributed by atoms with Crippen LogP contribution in [-0.4, -0.2) is 44.8 Å². The highest BCUT2D eigenvalue weighted by Crippen LogP contribution is 2.25. The zero-order chi connectivity index (χ0) is 18.8. The molecule has 2 aromatic heterocycles. The number of benzene rings is 1. The van der Waals surface area contributed by atoms with E-state index in [9.17, 15) is 0 Å². The van der Waals surface area contributed by atoms with Gasteiger partial charge < -0.3 is 4.90 Å². The second-order valence-electron chi connectivity index (χ2n) is 7.43. The second-order valence-corrected chi connectivity index (χ2v) is 7.43. The number of hydrogen-bond acceptors (Lipinski definition) is 5. The molecule has 0 N–H and O–H groups in total. The highest BCUT2D eigenvalue weighted by molar-refractivity contribution is 5.86. The molecule has 1 aliphatic rings. The van der Waals surface area contributed by atoms with Crippen molar-refractivity contribution in [2.45, 2.75) is 39.3 Å². The fourth-order valence-electron chi connectivity index (χ4n) is 3.88. The first-order valence-corrected chi connectivity index (χ1v) is 9.84. The molecule has 27 heavy (non-hydrogen) atoms. The molecule has 3 aromatic rings. The second kappa shape index (κ2) is 7.64. The Kier molecular flexibility index (Phi) is 5.07. The zero-order valence-electron chi connectivity index (χ0n) is 16.5. The van der Waals surface area contributed by atoms with Gasteiger partial charge in [-0.3, -0.25) is 9.58 Å². The van der Waals surface area contributed by atoms with E-state index in [1.807, 2.05) is 17.9 Å². The maximum absolute atomic E-state index is 4.81. The summed E-state index contributed by atoms with van der Waals surface area (Å²) >= 11 is 0. The number of rotatable bonds is 6. The quantitative estimate of drug-likeness (QED) is 0.672. The van der Waals surface area contributed by atoms with Crippen molar-refractivity contribution >= 4 is 16.9 Å².